The molecule has 1 N–H and O–H groups in total. The van der Waals surface area contributed by atoms with Crippen LogP contribution in [-0.2, 0) is 6.18 Å². The average Bonchev–Trinajstić information content (AvgIpc) is 3.03. The molecule has 21 heavy (non-hydrogen) atoms. The van der Waals surface area contributed by atoms with E-state index in [0.717, 1.165) is 18.9 Å². The summed E-state index contributed by atoms with van der Waals surface area (Å²) in [6.45, 7) is 2.78. The highest BCUT2D eigenvalue weighted by molar-refractivity contribution is 5.98. The van der Waals surface area contributed by atoms with E-state index in [0.29, 0.717) is 18.9 Å². The number of aromatic amines is 1. The summed E-state index contributed by atoms with van der Waals surface area (Å²) in [4.78, 5) is 20.5. The number of carbonyl (C=O) groups excluding carboxylic acids is 1. The van der Waals surface area contributed by atoms with Crippen LogP contribution in [0.25, 0.3) is 11.0 Å². The SMILES string of the molecule is Cc1nc2c(C(F)(F)F)cc(C(=O)N3CCCC3)cc2[nH]1. The normalized spacial score (nSPS) is 15.9. The van der Waals surface area contributed by atoms with Gasteiger partial charge in [-0.1, -0.05) is 0 Å². The van der Waals surface area contributed by atoms with Gasteiger partial charge in [-0.3, -0.25) is 4.79 Å². The van der Waals surface area contributed by atoms with Crippen molar-refractivity contribution in [3.63, 3.8) is 0 Å². The number of nitrogens with zero attached hydrogens (tertiary/aromatic N) is 2. The fourth-order valence-electron chi connectivity index (χ4n) is 2.68. The van der Waals surface area contributed by atoms with Crippen molar-refractivity contribution in [1.82, 2.24) is 14.9 Å². The maximum atomic E-state index is 13.2. The molecule has 0 bridgehead atoms. The maximum Gasteiger partial charge on any atom is 0.418 e. The van der Waals surface area contributed by atoms with Crippen LogP contribution in [0.1, 0.15) is 34.6 Å². The van der Waals surface area contributed by atoms with E-state index in [4.69, 9.17) is 0 Å². The Morgan fingerprint density at radius 3 is 2.57 bits per heavy atom. The van der Waals surface area contributed by atoms with Gasteiger partial charge in [0, 0.05) is 18.7 Å². The summed E-state index contributed by atoms with van der Waals surface area (Å²) < 4.78 is 39.5. The monoisotopic (exact) mass is 297 g/mol. The van der Waals surface area contributed by atoms with Crippen molar-refractivity contribution in [1.29, 1.82) is 0 Å². The van der Waals surface area contributed by atoms with E-state index in [9.17, 15) is 18.0 Å². The third kappa shape index (κ3) is 2.48. The first-order valence-electron chi connectivity index (χ1n) is 6.73. The molecule has 1 fully saturated rings. The first-order valence-corrected chi connectivity index (χ1v) is 6.73. The lowest BCUT2D eigenvalue weighted by Gasteiger charge is -2.16. The second-order valence-electron chi connectivity index (χ2n) is 5.24. The molecular weight excluding hydrogens is 283 g/mol. The molecule has 1 aromatic carbocycles. The summed E-state index contributed by atoms with van der Waals surface area (Å²) in [5.41, 5.74) is -0.713. The molecule has 7 heteroatoms. The molecule has 1 saturated heterocycles. The minimum absolute atomic E-state index is 0.0559. The number of likely N-dealkylation sites (tertiary alicyclic amines) is 1. The number of aromatic nitrogens is 2. The Labute approximate surface area is 119 Å². The molecule has 0 atom stereocenters. The van der Waals surface area contributed by atoms with Gasteiger partial charge in [0.2, 0.25) is 0 Å². The van der Waals surface area contributed by atoms with E-state index < -0.39 is 11.7 Å². The van der Waals surface area contributed by atoms with Crippen LogP contribution < -0.4 is 0 Å². The lowest BCUT2D eigenvalue weighted by molar-refractivity contribution is -0.136. The third-order valence-corrected chi connectivity index (χ3v) is 3.65. The van der Waals surface area contributed by atoms with E-state index >= 15 is 0 Å². The van der Waals surface area contributed by atoms with Gasteiger partial charge in [-0.05, 0) is 31.9 Å². The molecule has 1 aliphatic rings. The van der Waals surface area contributed by atoms with Gasteiger partial charge in [-0.2, -0.15) is 13.2 Å². The second kappa shape index (κ2) is 4.75. The lowest BCUT2D eigenvalue weighted by atomic mass is 10.1. The molecule has 0 spiro atoms. The number of hydrogen-bond donors (Lipinski definition) is 1. The van der Waals surface area contributed by atoms with Gasteiger partial charge in [0.15, 0.2) is 0 Å². The number of carbonyl (C=O) groups is 1. The van der Waals surface area contributed by atoms with Crippen LogP contribution in [0.4, 0.5) is 13.2 Å². The minimum Gasteiger partial charge on any atom is -0.342 e. The Morgan fingerprint density at radius 2 is 1.95 bits per heavy atom. The van der Waals surface area contributed by atoms with Crippen molar-refractivity contribution >= 4 is 16.9 Å². The number of imidazole rings is 1. The number of benzene rings is 1. The van der Waals surface area contributed by atoms with Gasteiger partial charge in [0.05, 0.1) is 11.1 Å². The Kier molecular flexibility index (Phi) is 3.15. The number of nitrogens with one attached hydrogen (secondary N) is 1. The number of H-pyrrole nitrogens is 1. The Balaban J connectivity index is 2.13. The summed E-state index contributed by atoms with van der Waals surface area (Å²) in [6, 6.07) is 2.36. The fraction of sp³-hybridized carbons (Fsp3) is 0.429. The first-order chi connectivity index (χ1) is 9.86. The largest absolute Gasteiger partial charge is 0.418 e. The van der Waals surface area contributed by atoms with E-state index in [1.165, 1.54) is 6.07 Å². The minimum atomic E-state index is -4.54. The maximum absolute atomic E-state index is 13.2. The number of amides is 1. The van der Waals surface area contributed by atoms with Gasteiger partial charge < -0.3 is 9.88 Å². The van der Waals surface area contributed by atoms with Gasteiger partial charge in [-0.25, -0.2) is 4.98 Å². The van der Waals surface area contributed by atoms with E-state index in [1.807, 2.05) is 0 Å². The van der Waals surface area contributed by atoms with Gasteiger partial charge in [0.25, 0.3) is 5.91 Å². The average molecular weight is 297 g/mol. The third-order valence-electron chi connectivity index (χ3n) is 3.65. The quantitative estimate of drug-likeness (QED) is 0.879. The smallest absolute Gasteiger partial charge is 0.342 e. The van der Waals surface area contributed by atoms with Crippen molar-refractivity contribution in [2.24, 2.45) is 0 Å². The van der Waals surface area contributed by atoms with Crippen LogP contribution in [-0.4, -0.2) is 33.9 Å². The van der Waals surface area contributed by atoms with Crippen LogP contribution in [0.15, 0.2) is 12.1 Å². The zero-order chi connectivity index (χ0) is 15.2. The topological polar surface area (TPSA) is 49.0 Å². The zero-order valence-electron chi connectivity index (χ0n) is 11.4. The molecule has 0 saturated carbocycles. The first kappa shape index (κ1) is 13.9. The van der Waals surface area contributed by atoms with E-state index in [-0.39, 0.29) is 22.5 Å². The van der Waals surface area contributed by atoms with Crippen LogP contribution >= 0.6 is 0 Å². The molecule has 0 unspecified atom stereocenters. The van der Waals surface area contributed by atoms with Gasteiger partial charge in [-0.15, -0.1) is 0 Å². The predicted octanol–water partition coefficient (Wildman–Crippen LogP) is 3.13. The molecule has 2 aromatic rings. The fourth-order valence-corrected chi connectivity index (χ4v) is 2.68. The molecule has 112 valence electrons. The molecule has 0 aliphatic carbocycles. The predicted molar refractivity (Wildman–Crippen MR) is 71.0 cm³/mol. The molecule has 0 radical (unpaired) electrons. The molecular formula is C14H14F3N3O. The van der Waals surface area contributed by atoms with Crippen LogP contribution in [0.5, 0.6) is 0 Å². The standard InChI is InChI=1S/C14H14F3N3O/c1-8-18-11-7-9(13(21)20-4-2-3-5-20)6-10(12(11)19-8)14(15,16)17/h6-7H,2-5H2,1H3,(H,18,19). The Morgan fingerprint density at radius 1 is 1.29 bits per heavy atom. The number of hydrogen-bond acceptors (Lipinski definition) is 2. The van der Waals surface area contributed by atoms with Crippen molar-refractivity contribution in [2.45, 2.75) is 25.9 Å². The van der Waals surface area contributed by atoms with Crippen LogP contribution in [0.2, 0.25) is 0 Å². The number of fused-ring (bicyclic) bond motifs is 1. The summed E-state index contributed by atoms with van der Waals surface area (Å²) >= 11 is 0. The summed E-state index contributed by atoms with van der Waals surface area (Å²) in [6.07, 6.45) is -2.76. The van der Waals surface area contributed by atoms with E-state index in [1.54, 1.807) is 11.8 Å². The molecule has 1 amide bonds. The summed E-state index contributed by atoms with van der Waals surface area (Å²) in [5, 5.41) is 0. The molecule has 1 aliphatic heterocycles. The number of aryl methyl sites for hydroxylation is 1. The number of alkyl halides is 3. The highest BCUT2D eigenvalue weighted by atomic mass is 19.4. The number of rotatable bonds is 1. The van der Waals surface area contributed by atoms with Gasteiger partial charge >= 0.3 is 6.18 Å². The Bertz CT molecular complexity index is 699. The highest BCUT2D eigenvalue weighted by Gasteiger charge is 2.35. The van der Waals surface area contributed by atoms with Crippen molar-refractivity contribution in [3.05, 3.63) is 29.1 Å². The zero-order valence-corrected chi connectivity index (χ0v) is 11.4. The molecule has 3 rings (SSSR count). The summed E-state index contributed by atoms with van der Waals surface area (Å²) in [7, 11) is 0. The molecule has 4 nitrogen and oxygen atoms in total. The number of halogens is 3. The van der Waals surface area contributed by atoms with Gasteiger partial charge in [0.1, 0.15) is 11.3 Å². The molecule has 1 aromatic heterocycles. The van der Waals surface area contributed by atoms with Crippen LogP contribution in [0.3, 0.4) is 0 Å². The van der Waals surface area contributed by atoms with Crippen molar-refractivity contribution in [2.75, 3.05) is 13.1 Å². The van der Waals surface area contributed by atoms with E-state index in [2.05, 4.69) is 9.97 Å². The lowest BCUT2D eigenvalue weighted by Crippen LogP contribution is -2.28. The van der Waals surface area contributed by atoms with Crippen molar-refractivity contribution in [3.8, 4) is 0 Å². The highest BCUT2D eigenvalue weighted by Crippen LogP contribution is 2.35. The van der Waals surface area contributed by atoms with Crippen molar-refractivity contribution < 1.29 is 18.0 Å². The Hall–Kier alpha value is -2.05. The molecule has 2 heterocycles. The summed E-state index contributed by atoms with van der Waals surface area (Å²) in [5.74, 6) is 0.0356. The second-order valence-corrected chi connectivity index (χ2v) is 5.24. The van der Waals surface area contributed by atoms with Crippen LogP contribution in [0, 0.1) is 6.92 Å².